The molecule has 104 valence electrons. The Morgan fingerprint density at radius 3 is 2.58 bits per heavy atom. The second-order valence-corrected chi connectivity index (χ2v) is 5.90. The van der Waals surface area contributed by atoms with Gasteiger partial charge >= 0.3 is 6.09 Å². The summed E-state index contributed by atoms with van der Waals surface area (Å²) < 4.78 is 11.1. The van der Waals surface area contributed by atoms with Crippen LogP contribution in [0.1, 0.15) is 32.6 Å². The summed E-state index contributed by atoms with van der Waals surface area (Å²) in [6.45, 7) is 2.96. The number of hydrogen-bond donors (Lipinski definition) is 0. The zero-order chi connectivity index (χ0) is 13.5. The maximum atomic E-state index is 12.3. The van der Waals surface area contributed by atoms with E-state index in [9.17, 15) is 4.79 Å². The summed E-state index contributed by atoms with van der Waals surface area (Å²) in [4.78, 5) is 17.0. The Balaban J connectivity index is 1.71. The fourth-order valence-corrected chi connectivity index (χ4v) is 2.89. The lowest BCUT2D eigenvalue weighted by Crippen LogP contribution is -2.60. The molecule has 0 aromatic heterocycles. The Bertz CT molecular complexity index is 417. The number of piperidine rings is 1. The van der Waals surface area contributed by atoms with Crippen molar-refractivity contribution in [1.29, 1.82) is 0 Å². The van der Waals surface area contributed by atoms with Gasteiger partial charge in [0.05, 0.1) is 25.3 Å². The lowest BCUT2D eigenvalue weighted by molar-refractivity contribution is -0.0758. The van der Waals surface area contributed by atoms with E-state index >= 15 is 0 Å². The van der Waals surface area contributed by atoms with Gasteiger partial charge in [0.25, 0.3) is 0 Å². The summed E-state index contributed by atoms with van der Waals surface area (Å²) in [5.41, 5.74) is 8.28. The first-order valence-corrected chi connectivity index (χ1v) is 6.74. The van der Waals surface area contributed by atoms with Crippen molar-refractivity contribution in [3.8, 4) is 0 Å². The van der Waals surface area contributed by atoms with Crippen LogP contribution in [-0.4, -0.2) is 47.9 Å². The molecule has 0 radical (unpaired) electrons. The number of amides is 1. The van der Waals surface area contributed by atoms with Crippen molar-refractivity contribution in [2.75, 3.05) is 13.2 Å². The van der Waals surface area contributed by atoms with Crippen LogP contribution in [0.3, 0.4) is 0 Å². The molecule has 19 heavy (non-hydrogen) atoms. The van der Waals surface area contributed by atoms with Gasteiger partial charge in [0.15, 0.2) is 0 Å². The van der Waals surface area contributed by atoms with Gasteiger partial charge < -0.3 is 9.47 Å². The minimum Gasteiger partial charge on any atom is -0.443 e. The first-order chi connectivity index (χ1) is 9.11. The van der Waals surface area contributed by atoms with Crippen molar-refractivity contribution in [3.63, 3.8) is 0 Å². The number of carbonyl (C=O) groups excluding carboxylic acids is 1. The molecule has 0 N–H and O–H groups in total. The van der Waals surface area contributed by atoms with Gasteiger partial charge in [-0.25, -0.2) is 4.79 Å². The van der Waals surface area contributed by atoms with Gasteiger partial charge in [-0.05, 0) is 38.1 Å². The van der Waals surface area contributed by atoms with Crippen LogP contribution in [0.4, 0.5) is 4.79 Å². The zero-order valence-electron chi connectivity index (χ0n) is 11.0. The van der Waals surface area contributed by atoms with Crippen LogP contribution in [0.5, 0.6) is 0 Å². The van der Waals surface area contributed by atoms with Gasteiger partial charge in [-0.3, -0.25) is 4.90 Å². The highest BCUT2D eigenvalue weighted by atomic mass is 16.6. The predicted octanol–water partition coefficient (Wildman–Crippen LogP) is 2.22. The van der Waals surface area contributed by atoms with Crippen LogP contribution in [0, 0.1) is 0 Å². The second kappa shape index (κ2) is 4.58. The van der Waals surface area contributed by atoms with E-state index in [1.165, 1.54) is 0 Å². The standard InChI is InChI=1S/C12H18N4O3/c1-12(2-3-12)19-11(17)16-9-4-8(14-15-13)5-10(16)7-18-6-9/h8-10H,2-7H2,1H3. The molecule has 1 saturated carbocycles. The molecule has 2 unspecified atom stereocenters. The molecule has 0 aromatic carbocycles. The normalized spacial score (nSPS) is 35.2. The Hall–Kier alpha value is -1.46. The monoisotopic (exact) mass is 266 g/mol. The number of nitrogens with zero attached hydrogens (tertiary/aromatic N) is 4. The number of hydrogen-bond acceptors (Lipinski definition) is 4. The maximum Gasteiger partial charge on any atom is 0.410 e. The van der Waals surface area contributed by atoms with Crippen LogP contribution < -0.4 is 0 Å². The van der Waals surface area contributed by atoms with E-state index in [-0.39, 0.29) is 29.8 Å². The van der Waals surface area contributed by atoms with Crippen LogP contribution in [0.2, 0.25) is 0 Å². The van der Waals surface area contributed by atoms with Crippen molar-refractivity contribution < 1.29 is 14.3 Å². The van der Waals surface area contributed by atoms with Gasteiger partial charge in [0.1, 0.15) is 5.60 Å². The molecule has 2 bridgehead atoms. The van der Waals surface area contributed by atoms with Gasteiger partial charge in [-0.15, -0.1) is 0 Å². The Kier molecular flexibility index (Phi) is 3.03. The highest BCUT2D eigenvalue weighted by molar-refractivity contribution is 5.69. The molecule has 0 spiro atoms. The third-order valence-electron chi connectivity index (χ3n) is 4.21. The lowest BCUT2D eigenvalue weighted by atomic mass is 9.91. The number of rotatable bonds is 2. The minimum atomic E-state index is -0.256. The summed E-state index contributed by atoms with van der Waals surface area (Å²) in [6, 6.07) is -0.0971. The highest BCUT2D eigenvalue weighted by Crippen LogP contribution is 2.40. The number of morpholine rings is 1. The molecular formula is C12H18N4O3. The summed E-state index contributed by atoms with van der Waals surface area (Å²) in [7, 11) is 0. The Labute approximate surface area is 111 Å². The van der Waals surface area contributed by atoms with E-state index in [0.29, 0.717) is 26.1 Å². The molecule has 2 atom stereocenters. The van der Waals surface area contributed by atoms with E-state index in [1.54, 1.807) is 4.90 Å². The van der Waals surface area contributed by atoms with Gasteiger partial charge in [0, 0.05) is 11.0 Å². The third-order valence-corrected chi connectivity index (χ3v) is 4.21. The number of ether oxygens (including phenoxy) is 2. The second-order valence-electron chi connectivity index (χ2n) is 5.90. The molecule has 2 saturated heterocycles. The van der Waals surface area contributed by atoms with Crippen LogP contribution in [0.15, 0.2) is 5.11 Å². The van der Waals surface area contributed by atoms with Crippen molar-refractivity contribution >= 4 is 6.09 Å². The SMILES string of the molecule is CC1(OC(=O)N2C3COCC2CC(N=[N+]=[N-])C3)CC1. The van der Waals surface area contributed by atoms with Crippen LogP contribution in [0.25, 0.3) is 10.4 Å². The number of azide groups is 1. The molecular weight excluding hydrogens is 248 g/mol. The summed E-state index contributed by atoms with van der Waals surface area (Å²) >= 11 is 0. The first kappa shape index (κ1) is 12.6. The summed E-state index contributed by atoms with van der Waals surface area (Å²) in [6.07, 6.45) is 2.97. The molecule has 1 amide bonds. The molecule has 7 heteroatoms. The Morgan fingerprint density at radius 1 is 1.42 bits per heavy atom. The van der Waals surface area contributed by atoms with Crippen molar-refractivity contribution in [3.05, 3.63) is 10.4 Å². The van der Waals surface area contributed by atoms with Crippen molar-refractivity contribution in [1.82, 2.24) is 4.90 Å². The molecule has 3 fully saturated rings. The smallest absolute Gasteiger partial charge is 0.410 e. The minimum absolute atomic E-state index is 0.0298. The topological polar surface area (TPSA) is 87.5 Å². The fourth-order valence-electron chi connectivity index (χ4n) is 2.89. The maximum absolute atomic E-state index is 12.3. The largest absolute Gasteiger partial charge is 0.443 e. The Morgan fingerprint density at radius 2 is 2.05 bits per heavy atom. The average molecular weight is 266 g/mol. The molecule has 7 nitrogen and oxygen atoms in total. The average Bonchev–Trinajstić information content (AvgIpc) is 3.05. The molecule has 2 heterocycles. The van der Waals surface area contributed by atoms with Gasteiger partial charge in [0.2, 0.25) is 0 Å². The number of fused-ring (bicyclic) bond motifs is 2. The molecule has 0 aromatic rings. The van der Waals surface area contributed by atoms with Gasteiger partial charge in [-0.2, -0.15) is 0 Å². The van der Waals surface area contributed by atoms with E-state index in [2.05, 4.69) is 10.0 Å². The lowest BCUT2D eigenvalue weighted by Gasteiger charge is -2.47. The molecule has 1 aliphatic carbocycles. The molecule has 3 rings (SSSR count). The third kappa shape index (κ3) is 2.48. The van der Waals surface area contributed by atoms with E-state index in [1.807, 2.05) is 6.92 Å². The quantitative estimate of drug-likeness (QED) is 0.436. The zero-order valence-corrected chi connectivity index (χ0v) is 11.0. The predicted molar refractivity (Wildman–Crippen MR) is 66.5 cm³/mol. The highest BCUT2D eigenvalue weighted by Gasteiger charge is 2.47. The van der Waals surface area contributed by atoms with E-state index in [0.717, 1.165) is 12.8 Å². The van der Waals surface area contributed by atoms with Crippen LogP contribution >= 0.6 is 0 Å². The summed E-state index contributed by atoms with van der Waals surface area (Å²) in [5, 5.41) is 3.79. The van der Waals surface area contributed by atoms with E-state index < -0.39 is 0 Å². The number of carbonyl (C=O) groups is 1. The van der Waals surface area contributed by atoms with Crippen molar-refractivity contribution in [2.24, 2.45) is 5.11 Å². The first-order valence-electron chi connectivity index (χ1n) is 6.74. The molecule has 3 aliphatic rings. The van der Waals surface area contributed by atoms with E-state index in [4.69, 9.17) is 15.0 Å². The van der Waals surface area contributed by atoms with Crippen LogP contribution in [-0.2, 0) is 9.47 Å². The van der Waals surface area contributed by atoms with Crippen molar-refractivity contribution in [2.45, 2.75) is 56.3 Å². The molecule has 2 aliphatic heterocycles. The summed E-state index contributed by atoms with van der Waals surface area (Å²) in [5.74, 6) is 0. The van der Waals surface area contributed by atoms with Gasteiger partial charge in [-0.1, -0.05) is 5.11 Å². The fraction of sp³-hybridized carbons (Fsp3) is 0.917.